The van der Waals surface area contributed by atoms with E-state index in [0.29, 0.717) is 4.87 Å². The van der Waals surface area contributed by atoms with Crippen molar-refractivity contribution in [2.75, 3.05) is 19.3 Å². The fourth-order valence-electron chi connectivity index (χ4n) is 0.812. The Labute approximate surface area is 55.4 Å². The first-order valence-corrected chi connectivity index (χ1v) is 3.97. The molecular weight excluding hydrogens is 118 g/mol. The van der Waals surface area contributed by atoms with Gasteiger partial charge in [-0.3, -0.25) is 4.90 Å². The third-order valence-electron chi connectivity index (χ3n) is 1.80. The van der Waals surface area contributed by atoms with Crippen LogP contribution in [0.5, 0.6) is 0 Å². The molecule has 0 aromatic rings. The molecule has 1 saturated heterocycles. The first-order chi connectivity index (χ1) is 3.63. The Kier molecular flexibility index (Phi) is 1.54. The van der Waals surface area contributed by atoms with Gasteiger partial charge in [0.15, 0.2) is 0 Å². The van der Waals surface area contributed by atoms with Crippen LogP contribution in [0, 0.1) is 0 Å². The van der Waals surface area contributed by atoms with Crippen molar-refractivity contribution in [1.29, 1.82) is 0 Å². The summed E-state index contributed by atoms with van der Waals surface area (Å²) in [6.45, 7) is 5.78. The van der Waals surface area contributed by atoms with E-state index in [-0.39, 0.29) is 0 Å². The van der Waals surface area contributed by atoms with Crippen LogP contribution in [-0.4, -0.2) is 29.1 Å². The summed E-state index contributed by atoms with van der Waals surface area (Å²) in [5, 5.41) is 0. The van der Waals surface area contributed by atoms with Gasteiger partial charge in [0.2, 0.25) is 0 Å². The molecular formula is C6H13NS. The Hall–Kier alpha value is 0.310. The van der Waals surface area contributed by atoms with E-state index in [0.717, 1.165) is 0 Å². The first kappa shape index (κ1) is 6.43. The SMILES string of the molecule is CN1CCSC1(C)C. The van der Waals surface area contributed by atoms with E-state index in [4.69, 9.17) is 0 Å². The van der Waals surface area contributed by atoms with Crippen LogP contribution in [0.25, 0.3) is 0 Å². The van der Waals surface area contributed by atoms with E-state index in [2.05, 4.69) is 25.8 Å². The minimum Gasteiger partial charge on any atom is -0.292 e. The highest BCUT2D eigenvalue weighted by Gasteiger charge is 2.28. The molecule has 0 unspecified atom stereocenters. The molecule has 48 valence electrons. The maximum Gasteiger partial charge on any atom is 0.0611 e. The minimum absolute atomic E-state index is 0.403. The normalized spacial score (nSPS) is 28.9. The third kappa shape index (κ3) is 1.00. The van der Waals surface area contributed by atoms with Crippen molar-refractivity contribution in [2.45, 2.75) is 18.7 Å². The van der Waals surface area contributed by atoms with Crippen LogP contribution < -0.4 is 0 Å². The van der Waals surface area contributed by atoms with Crippen molar-refractivity contribution in [3.63, 3.8) is 0 Å². The van der Waals surface area contributed by atoms with Gasteiger partial charge in [-0.1, -0.05) is 0 Å². The predicted octanol–water partition coefficient (Wildman–Crippen LogP) is 1.40. The summed E-state index contributed by atoms with van der Waals surface area (Å²) in [5.41, 5.74) is 0. The van der Waals surface area contributed by atoms with Crippen LogP contribution >= 0.6 is 11.8 Å². The zero-order valence-corrected chi connectivity index (χ0v) is 6.59. The second-order valence-corrected chi connectivity index (χ2v) is 4.41. The summed E-state index contributed by atoms with van der Waals surface area (Å²) >= 11 is 2.03. The smallest absolute Gasteiger partial charge is 0.0611 e. The second kappa shape index (κ2) is 1.92. The van der Waals surface area contributed by atoms with Crippen LogP contribution in [0.4, 0.5) is 0 Å². The molecule has 0 bridgehead atoms. The monoisotopic (exact) mass is 131 g/mol. The highest BCUT2D eigenvalue weighted by atomic mass is 32.2. The van der Waals surface area contributed by atoms with Gasteiger partial charge in [0.1, 0.15) is 0 Å². The lowest BCUT2D eigenvalue weighted by molar-refractivity contribution is 0.278. The summed E-state index contributed by atoms with van der Waals surface area (Å²) in [7, 11) is 2.18. The molecule has 0 N–H and O–H groups in total. The Morgan fingerprint density at radius 3 is 2.25 bits per heavy atom. The van der Waals surface area contributed by atoms with Crippen molar-refractivity contribution in [3.8, 4) is 0 Å². The Bertz CT molecular complexity index is 90.5. The molecule has 0 saturated carbocycles. The lowest BCUT2D eigenvalue weighted by Crippen LogP contribution is -2.32. The van der Waals surface area contributed by atoms with E-state index in [1.165, 1.54) is 12.3 Å². The van der Waals surface area contributed by atoms with E-state index in [9.17, 15) is 0 Å². The predicted molar refractivity (Wildman–Crippen MR) is 39.2 cm³/mol. The number of hydrogen-bond donors (Lipinski definition) is 0. The zero-order chi connectivity index (χ0) is 6.20. The van der Waals surface area contributed by atoms with E-state index >= 15 is 0 Å². The van der Waals surface area contributed by atoms with Gasteiger partial charge in [-0.15, -0.1) is 11.8 Å². The lowest BCUT2D eigenvalue weighted by atomic mass is 10.3. The van der Waals surface area contributed by atoms with Gasteiger partial charge in [0.25, 0.3) is 0 Å². The average molecular weight is 131 g/mol. The molecule has 0 aliphatic carbocycles. The topological polar surface area (TPSA) is 3.24 Å². The van der Waals surface area contributed by atoms with Gasteiger partial charge in [0, 0.05) is 12.3 Å². The molecule has 1 aliphatic heterocycles. The van der Waals surface area contributed by atoms with Gasteiger partial charge in [0.05, 0.1) is 4.87 Å². The van der Waals surface area contributed by atoms with Crippen molar-refractivity contribution in [2.24, 2.45) is 0 Å². The second-order valence-electron chi connectivity index (χ2n) is 2.72. The largest absolute Gasteiger partial charge is 0.292 e. The lowest BCUT2D eigenvalue weighted by Gasteiger charge is -2.25. The highest BCUT2D eigenvalue weighted by molar-refractivity contribution is 8.00. The van der Waals surface area contributed by atoms with Gasteiger partial charge >= 0.3 is 0 Å². The molecule has 0 radical (unpaired) electrons. The maximum absolute atomic E-state index is 2.39. The number of nitrogens with zero attached hydrogens (tertiary/aromatic N) is 1. The van der Waals surface area contributed by atoms with Crippen LogP contribution in [0.2, 0.25) is 0 Å². The fourth-order valence-corrected chi connectivity index (χ4v) is 1.99. The number of hydrogen-bond acceptors (Lipinski definition) is 2. The summed E-state index contributed by atoms with van der Waals surface area (Å²) in [6.07, 6.45) is 0. The van der Waals surface area contributed by atoms with Gasteiger partial charge in [-0.25, -0.2) is 0 Å². The highest BCUT2D eigenvalue weighted by Crippen LogP contribution is 2.32. The maximum atomic E-state index is 2.39. The average Bonchev–Trinajstić information content (AvgIpc) is 1.86. The zero-order valence-electron chi connectivity index (χ0n) is 5.77. The molecule has 0 aromatic heterocycles. The van der Waals surface area contributed by atoms with E-state index < -0.39 is 0 Å². The van der Waals surface area contributed by atoms with Crippen LogP contribution in [0.3, 0.4) is 0 Å². The van der Waals surface area contributed by atoms with Gasteiger partial charge in [-0.05, 0) is 20.9 Å². The summed E-state index contributed by atoms with van der Waals surface area (Å²) in [4.78, 5) is 2.79. The van der Waals surface area contributed by atoms with Crippen molar-refractivity contribution in [1.82, 2.24) is 4.90 Å². The molecule has 1 heterocycles. The summed E-state index contributed by atoms with van der Waals surface area (Å²) in [6, 6.07) is 0. The molecule has 2 heteroatoms. The molecule has 1 fully saturated rings. The summed E-state index contributed by atoms with van der Waals surface area (Å²) < 4.78 is 0. The molecule has 0 amide bonds. The third-order valence-corrected chi connectivity index (χ3v) is 3.21. The molecule has 1 nitrogen and oxygen atoms in total. The molecule has 1 aliphatic rings. The molecule has 8 heavy (non-hydrogen) atoms. The van der Waals surface area contributed by atoms with Crippen molar-refractivity contribution < 1.29 is 0 Å². The minimum atomic E-state index is 0.403. The number of thioether (sulfide) groups is 1. The molecule has 0 atom stereocenters. The first-order valence-electron chi connectivity index (χ1n) is 2.98. The van der Waals surface area contributed by atoms with Crippen LogP contribution in [0.15, 0.2) is 0 Å². The number of rotatable bonds is 0. The van der Waals surface area contributed by atoms with Crippen LogP contribution in [0.1, 0.15) is 13.8 Å². The van der Waals surface area contributed by atoms with Crippen LogP contribution in [-0.2, 0) is 0 Å². The molecule has 0 spiro atoms. The quantitative estimate of drug-likeness (QED) is 0.489. The van der Waals surface area contributed by atoms with Gasteiger partial charge in [-0.2, -0.15) is 0 Å². The Balaban J connectivity index is 2.54. The van der Waals surface area contributed by atoms with Crippen molar-refractivity contribution in [3.05, 3.63) is 0 Å². The van der Waals surface area contributed by atoms with Crippen molar-refractivity contribution >= 4 is 11.8 Å². The Morgan fingerprint density at radius 1 is 1.50 bits per heavy atom. The fraction of sp³-hybridized carbons (Fsp3) is 1.00. The van der Waals surface area contributed by atoms with Gasteiger partial charge < -0.3 is 0 Å². The van der Waals surface area contributed by atoms with E-state index in [1.807, 2.05) is 11.8 Å². The standard InChI is InChI=1S/C6H13NS/c1-6(2)7(3)4-5-8-6/h4-5H2,1-3H3. The van der Waals surface area contributed by atoms with E-state index in [1.54, 1.807) is 0 Å². The Morgan fingerprint density at radius 2 is 2.12 bits per heavy atom. The molecule has 1 rings (SSSR count). The molecule has 0 aromatic carbocycles. The summed E-state index contributed by atoms with van der Waals surface area (Å²) in [5.74, 6) is 1.30.